The first-order valence-corrected chi connectivity index (χ1v) is 13.5. The molecule has 4 heterocycles. The minimum Gasteiger partial charge on any atom is -0.467 e. The monoisotopic (exact) mass is 514 g/mol. The molecule has 1 aliphatic carbocycles. The maximum atomic E-state index is 12.7. The number of hydrogen-bond acceptors (Lipinski definition) is 9. The number of hydrogen-bond donors (Lipinski definition) is 2. The van der Waals surface area contributed by atoms with Crippen molar-refractivity contribution in [3.63, 3.8) is 0 Å². The summed E-state index contributed by atoms with van der Waals surface area (Å²) in [7, 11) is 0. The number of aromatic amines is 1. The van der Waals surface area contributed by atoms with Gasteiger partial charge in [-0.05, 0) is 37.0 Å². The van der Waals surface area contributed by atoms with Gasteiger partial charge in [-0.1, -0.05) is 29.6 Å². The maximum Gasteiger partial charge on any atom is 0.260 e. The van der Waals surface area contributed by atoms with Gasteiger partial charge in [-0.2, -0.15) is 0 Å². The Morgan fingerprint density at radius 1 is 1.35 bits per heavy atom. The second-order valence-electron chi connectivity index (χ2n) is 7.64. The number of nitrogens with zero attached hydrogens (tertiary/aromatic N) is 4. The highest BCUT2D eigenvalue weighted by Crippen LogP contribution is 2.35. The lowest BCUT2D eigenvalue weighted by atomic mass is 10.2. The van der Waals surface area contributed by atoms with E-state index in [-0.39, 0.29) is 17.2 Å². The molecule has 176 valence electrons. The molecular weight excluding hydrogens is 492 g/mol. The molecule has 2 N–H and O–H groups in total. The number of thiophene rings is 1. The Morgan fingerprint density at radius 3 is 3.09 bits per heavy atom. The van der Waals surface area contributed by atoms with E-state index in [1.165, 1.54) is 34.0 Å². The average Bonchev–Trinajstić information content (AvgIpc) is 3.60. The van der Waals surface area contributed by atoms with Crippen LogP contribution in [0.2, 0.25) is 0 Å². The largest absolute Gasteiger partial charge is 0.467 e. The first kappa shape index (κ1) is 22.9. The van der Waals surface area contributed by atoms with Crippen LogP contribution in [0.25, 0.3) is 10.2 Å². The van der Waals surface area contributed by atoms with Crippen LogP contribution < -0.4 is 10.9 Å². The van der Waals surface area contributed by atoms with Crippen molar-refractivity contribution >= 4 is 51.0 Å². The molecule has 34 heavy (non-hydrogen) atoms. The van der Waals surface area contributed by atoms with Crippen LogP contribution in [0, 0.1) is 0 Å². The van der Waals surface area contributed by atoms with E-state index in [2.05, 4.69) is 32.1 Å². The SMILES string of the molecule is C=CCn1c(CSc2nc3sc4c(c3c(=O)[nH]2)CCC4)nnc1SCC(=O)NCc1ccco1. The number of fused-ring (bicyclic) bond motifs is 3. The molecule has 0 bridgehead atoms. The number of allylic oxidation sites excluding steroid dienone is 1. The summed E-state index contributed by atoms with van der Waals surface area (Å²) < 4.78 is 7.14. The average molecular weight is 515 g/mol. The number of H-pyrrole nitrogens is 1. The molecule has 1 aliphatic rings. The Balaban J connectivity index is 1.24. The van der Waals surface area contributed by atoms with Crippen LogP contribution in [-0.2, 0) is 36.5 Å². The van der Waals surface area contributed by atoms with E-state index < -0.39 is 0 Å². The topological polar surface area (TPSA) is 119 Å². The van der Waals surface area contributed by atoms with Gasteiger partial charge in [0.1, 0.15) is 16.4 Å². The zero-order valence-electron chi connectivity index (χ0n) is 18.2. The molecule has 0 saturated heterocycles. The fourth-order valence-corrected chi connectivity index (χ4v) is 6.73. The zero-order chi connectivity index (χ0) is 23.5. The molecule has 0 saturated carbocycles. The lowest BCUT2D eigenvalue weighted by Crippen LogP contribution is -2.24. The van der Waals surface area contributed by atoms with Gasteiger partial charge in [0.15, 0.2) is 10.3 Å². The van der Waals surface area contributed by atoms with E-state index >= 15 is 0 Å². The summed E-state index contributed by atoms with van der Waals surface area (Å²) in [4.78, 5) is 34.6. The molecule has 1 amide bonds. The van der Waals surface area contributed by atoms with Gasteiger partial charge < -0.3 is 19.3 Å². The summed E-state index contributed by atoms with van der Waals surface area (Å²) in [6.45, 7) is 4.68. The highest BCUT2D eigenvalue weighted by Gasteiger charge is 2.21. The third-order valence-corrected chi connectivity index (χ3v) is 8.39. The minimum atomic E-state index is -0.122. The summed E-state index contributed by atoms with van der Waals surface area (Å²) in [5.74, 6) is 1.98. The molecule has 0 aromatic carbocycles. The van der Waals surface area contributed by atoms with Crippen molar-refractivity contribution in [2.75, 3.05) is 5.75 Å². The zero-order valence-corrected chi connectivity index (χ0v) is 20.7. The van der Waals surface area contributed by atoms with E-state index in [1.807, 2.05) is 10.6 Å². The van der Waals surface area contributed by atoms with Crippen molar-refractivity contribution in [3.05, 3.63) is 63.4 Å². The van der Waals surface area contributed by atoms with Gasteiger partial charge in [0.05, 0.1) is 29.7 Å². The quantitative estimate of drug-likeness (QED) is 0.187. The standard InChI is InChI=1S/C22H22N6O3S3/c1-2-8-28-16(26-27-22(28)33-12-17(29)23-10-13-5-4-9-31-13)11-32-21-24-19(30)18-14-6-3-7-15(14)34-20(18)25-21/h2,4-5,9H,1,3,6-8,10-12H2,(H,23,29)(H,24,25,30). The Kier molecular flexibility index (Phi) is 6.88. The molecule has 0 aliphatic heterocycles. The Bertz CT molecular complexity index is 1390. The van der Waals surface area contributed by atoms with E-state index in [0.29, 0.717) is 34.9 Å². The van der Waals surface area contributed by atoms with Crippen LogP contribution >= 0.6 is 34.9 Å². The summed E-state index contributed by atoms with van der Waals surface area (Å²) in [6, 6.07) is 3.59. The smallest absolute Gasteiger partial charge is 0.260 e. The molecule has 12 heteroatoms. The number of thioether (sulfide) groups is 2. The molecule has 0 spiro atoms. The van der Waals surface area contributed by atoms with E-state index in [4.69, 9.17) is 4.42 Å². The lowest BCUT2D eigenvalue weighted by molar-refractivity contribution is -0.118. The first-order chi connectivity index (χ1) is 16.6. The van der Waals surface area contributed by atoms with Crippen LogP contribution in [0.5, 0.6) is 0 Å². The van der Waals surface area contributed by atoms with E-state index in [0.717, 1.165) is 35.3 Å². The number of rotatable bonds is 10. The molecule has 0 atom stereocenters. The Labute approximate surface area is 207 Å². The molecule has 4 aromatic heterocycles. The molecule has 4 aromatic rings. The van der Waals surface area contributed by atoms with Gasteiger partial charge in [0.25, 0.3) is 5.56 Å². The van der Waals surface area contributed by atoms with Gasteiger partial charge in [-0.15, -0.1) is 28.1 Å². The Morgan fingerprint density at radius 2 is 2.26 bits per heavy atom. The highest BCUT2D eigenvalue weighted by molar-refractivity contribution is 7.99. The van der Waals surface area contributed by atoms with E-state index in [1.54, 1.807) is 29.7 Å². The van der Waals surface area contributed by atoms with Crippen molar-refractivity contribution in [1.29, 1.82) is 0 Å². The van der Waals surface area contributed by atoms with Crippen molar-refractivity contribution < 1.29 is 9.21 Å². The number of carbonyl (C=O) groups is 1. The fourth-order valence-electron chi connectivity index (χ4n) is 3.81. The second-order valence-corrected chi connectivity index (χ2v) is 10.6. The van der Waals surface area contributed by atoms with Crippen LogP contribution in [0.3, 0.4) is 0 Å². The normalized spacial score (nSPS) is 12.8. The predicted molar refractivity (Wildman–Crippen MR) is 133 cm³/mol. The first-order valence-electron chi connectivity index (χ1n) is 10.7. The molecule has 5 rings (SSSR count). The molecule has 9 nitrogen and oxygen atoms in total. The van der Waals surface area contributed by atoms with Gasteiger partial charge in [-0.3, -0.25) is 9.59 Å². The number of aromatic nitrogens is 5. The number of carbonyl (C=O) groups excluding carboxylic acids is 1. The lowest BCUT2D eigenvalue weighted by Gasteiger charge is -2.08. The third-order valence-electron chi connectivity index (χ3n) is 5.37. The van der Waals surface area contributed by atoms with Gasteiger partial charge in [0, 0.05) is 11.4 Å². The van der Waals surface area contributed by atoms with Crippen molar-refractivity contribution in [3.8, 4) is 0 Å². The van der Waals surface area contributed by atoms with Crippen LogP contribution in [0.15, 0.2) is 50.6 Å². The summed E-state index contributed by atoms with van der Waals surface area (Å²) in [5, 5.41) is 13.3. The number of aryl methyl sites for hydroxylation is 2. The van der Waals surface area contributed by atoms with Gasteiger partial charge in [-0.25, -0.2) is 4.98 Å². The summed E-state index contributed by atoms with van der Waals surface area (Å²) in [6.07, 6.45) is 6.43. The summed E-state index contributed by atoms with van der Waals surface area (Å²) >= 11 is 4.35. The van der Waals surface area contributed by atoms with Gasteiger partial charge in [0.2, 0.25) is 5.91 Å². The second kappa shape index (κ2) is 10.2. The molecule has 0 radical (unpaired) electrons. The summed E-state index contributed by atoms with van der Waals surface area (Å²) in [5.41, 5.74) is 1.10. The maximum absolute atomic E-state index is 12.7. The van der Waals surface area contributed by atoms with Crippen molar-refractivity contribution in [2.24, 2.45) is 0 Å². The van der Waals surface area contributed by atoms with Crippen molar-refractivity contribution in [2.45, 2.75) is 48.4 Å². The molecule has 0 fully saturated rings. The van der Waals surface area contributed by atoms with E-state index in [9.17, 15) is 9.59 Å². The highest BCUT2D eigenvalue weighted by atomic mass is 32.2. The van der Waals surface area contributed by atoms with Crippen LogP contribution in [0.1, 0.15) is 28.4 Å². The van der Waals surface area contributed by atoms with Crippen molar-refractivity contribution in [1.82, 2.24) is 30.0 Å². The number of amides is 1. The Hall–Kier alpha value is -2.83. The minimum absolute atomic E-state index is 0.0729. The fraction of sp³-hybridized carbons (Fsp3) is 0.318. The number of nitrogens with one attached hydrogen (secondary N) is 2. The number of furan rings is 1. The molecular formula is C22H22N6O3S3. The van der Waals surface area contributed by atoms with Crippen LogP contribution in [0.4, 0.5) is 0 Å². The van der Waals surface area contributed by atoms with Crippen LogP contribution in [-0.4, -0.2) is 36.4 Å². The molecule has 0 unspecified atom stereocenters. The van der Waals surface area contributed by atoms with Gasteiger partial charge >= 0.3 is 0 Å². The third kappa shape index (κ3) is 4.84. The predicted octanol–water partition coefficient (Wildman–Crippen LogP) is 3.54.